The zero-order valence-electron chi connectivity index (χ0n) is 21.2. The molecule has 1 aliphatic rings. The summed E-state index contributed by atoms with van der Waals surface area (Å²) in [4.78, 5) is 20.9. The average Bonchev–Trinajstić information content (AvgIpc) is 2.90. The number of para-hydroxylation sites is 1. The van der Waals surface area contributed by atoms with Gasteiger partial charge in [-0.05, 0) is 37.3 Å². The summed E-state index contributed by atoms with van der Waals surface area (Å²) >= 11 is 6.43. The van der Waals surface area contributed by atoms with Crippen LogP contribution >= 0.6 is 11.6 Å². The van der Waals surface area contributed by atoms with Crippen molar-refractivity contribution in [3.05, 3.63) is 100 Å². The van der Waals surface area contributed by atoms with E-state index in [1.165, 1.54) is 30.5 Å². The van der Waals surface area contributed by atoms with Gasteiger partial charge in [-0.1, -0.05) is 29.8 Å². The van der Waals surface area contributed by atoms with Gasteiger partial charge in [-0.15, -0.1) is 0 Å². The van der Waals surface area contributed by atoms with Gasteiger partial charge in [-0.2, -0.15) is 0 Å². The number of fused-ring (bicyclic) bond motifs is 1. The molecular formula is C28H24ClF3N4O3S. The zero-order chi connectivity index (χ0) is 28.6. The molecule has 1 aliphatic heterocycles. The van der Waals surface area contributed by atoms with Crippen LogP contribution < -0.4 is 4.72 Å². The van der Waals surface area contributed by atoms with Crippen LogP contribution in [0.15, 0.2) is 71.8 Å². The number of benzene rings is 3. The van der Waals surface area contributed by atoms with E-state index in [2.05, 4.69) is 9.71 Å². The van der Waals surface area contributed by atoms with Crippen LogP contribution in [0, 0.1) is 17.5 Å². The number of pyridine rings is 1. The molecule has 0 spiro atoms. The van der Waals surface area contributed by atoms with Gasteiger partial charge in [0.15, 0.2) is 0 Å². The third-order valence-corrected chi connectivity index (χ3v) is 8.52. The smallest absolute Gasteiger partial charge is 0.264 e. The molecule has 0 saturated carbocycles. The minimum absolute atomic E-state index is 0.00831. The van der Waals surface area contributed by atoms with Crippen LogP contribution in [0.3, 0.4) is 0 Å². The number of aromatic nitrogens is 1. The van der Waals surface area contributed by atoms with E-state index in [0.717, 1.165) is 0 Å². The number of carbonyl (C=O) groups excluding carboxylic acids is 1. The zero-order valence-corrected chi connectivity index (χ0v) is 22.8. The highest BCUT2D eigenvalue weighted by atomic mass is 35.5. The number of carbonyl (C=O) groups is 1. The summed E-state index contributed by atoms with van der Waals surface area (Å²) in [6.45, 7) is 2.67. The molecule has 208 valence electrons. The first-order valence-corrected chi connectivity index (χ1v) is 14.2. The molecule has 5 rings (SSSR count). The van der Waals surface area contributed by atoms with Crippen LogP contribution in [0.5, 0.6) is 0 Å². The van der Waals surface area contributed by atoms with Crippen LogP contribution in [0.4, 0.5) is 18.9 Å². The van der Waals surface area contributed by atoms with Gasteiger partial charge in [-0.25, -0.2) is 21.6 Å². The van der Waals surface area contributed by atoms with Crippen LogP contribution in [0.25, 0.3) is 10.9 Å². The first-order valence-electron chi connectivity index (χ1n) is 12.4. The van der Waals surface area contributed by atoms with Crippen molar-refractivity contribution in [1.29, 1.82) is 0 Å². The van der Waals surface area contributed by atoms with Crippen molar-refractivity contribution in [2.45, 2.75) is 24.4 Å². The highest BCUT2D eigenvalue weighted by molar-refractivity contribution is 7.93. The Hall–Kier alpha value is -3.67. The Bertz CT molecular complexity index is 1690. The maximum absolute atomic E-state index is 14.1. The number of nitrogens with zero attached hydrogens (tertiary/aromatic N) is 3. The fraction of sp³-hybridized carbons (Fsp3) is 0.214. The van der Waals surface area contributed by atoms with E-state index in [0.29, 0.717) is 36.1 Å². The van der Waals surface area contributed by atoms with E-state index in [9.17, 15) is 26.4 Å². The molecule has 0 bridgehead atoms. The van der Waals surface area contributed by atoms with Crippen molar-refractivity contribution in [1.82, 2.24) is 14.8 Å². The number of hydrogen-bond donors (Lipinski definition) is 1. The Balaban J connectivity index is 1.28. The van der Waals surface area contributed by atoms with Crippen molar-refractivity contribution < 1.29 is 26.4 Å². The van der Waals surface area contributed by atoms with Crippen LogP contribution in [-0.4, -0.2) is 54.8 Å². The molecule has 40 heavy (non-hydrogen) atoms. The summed E-state index contributed by atoms with van der Waals surface area (Å²) in [5.74, 6) is -3.25. The number of amides is 1. The molecule has 4 aromatic rings. The predicted molar refractivity (Wildman–Crippen MR) is 146 cm³/mol. The first kappa shape index (κ1) is 27.9. The molecular weight excluding hydrogens is 565 g/mol. The maximum atomic E-state index is 14.1. The van der Waals surface area contributed by atoms with Crippen molar-refractivity contribution in [3.63, 3.8) is 0 Å². The lowest BCUT2D eigenvalue weighted by atomic mass is 10.1. The average molecular weight is 589 g/mol. The summed E-state index contributed by atoms with van der Waals surface area (Å²) in [5, 5.41) is 0.734. The summed E-state index contributed by atoms with van der Waals surface area (Å²) in [6, 6.07) is 13.6. The van der Waals surface area contributed by atoms with Gasteiger partial charge in [0.05, 0.1) is 21.8 Å². The van der Waals surface area contributed by atoms with E-state index in [1.54, 1.807) is 41.0 Å². The number of anilines is 1. The molecule has 1 unspecified atom stereocenters. The third-order valence-electron chi connectivity index (χ3n) is 6.80. The second kappa shape index (κ2) is 11.1. The Morgan fingerprint density at radius 2 is 1.77 bits per heavy atom. The van der Waals surface area contributed by atoms with Crippen molar-refractivity contribution in [2.75, 3.05) is 24.4 Å². The molecule has 12 heteroatoms. The minimum Gasteiger partial charge on any atom is -0.333 e. The van der Waals surface area contributed by atoms with Gasteiger partial charge in [0.25, 0.3) is 15.9 Å². The lowest BCUT2D eigenvalue weighted by Crippen LogP contribution is -2.53. The lowest BCUT2D eigenvalue weighted by Gasteiger charge is -2.40. The van der Waals surface area contributed by atoms with Crippen LogP contribution in [0.1, 0.15) is 22.8 Å². The Kier molecular flexibility index (Phi) is 7.72. The summed E-state index contributed by atoms with van der Waals surface area (Å²) in [7, 11) is -4.01. The number of piperazine rings is 1. The third kappa shape index (κ3) is 5.63. The molecule has 1 atom stereocenters. The second-order valence-electron chi connectivity index (χ2n) is 9.56. The summed E-state index contributed by atoms with van der Waals surface area (Å²) in [6.07, 6.45) is 1.51. The number of halogens is 4. The van der Waals surface area contributed by atoms with Crippen molar-refractivity contribution in [2.24, 2.45) is 0 Å². The molecule has 1 saturated heterocycles. The number of hydrogen-bond acceptors (Lipinski definition) is 5. The minimum atomic E-state index is -4.01. The monoisotopic (exact) mass is 588 g/mol. The highest BCUT2D eigenvalue weighted by Gasteiger charge is 2.30. The summed E-state index contributed by atoms with van der Waals surface area (Å²) in [5.41, 5.74) is 0.463. The molecule has 1 amide bonds. The maximum Gasteiger partial charge on any atom is 0.264 e. The van der Waals surface area contributed by atoms with E-state index in [4.69, 9.17) is 11.6 Å². The first-order chi connectivity index (χ1) is 19.0. The molecule has 7 nitrogen and oxygen atoms in total. The van der Waals surface area contributed by atoms with Gasteiger partial charge >= 0.3 is 0 Å². The summed E-state index contributed by atoms with van der Waals surface area (Å²) < 4.78 is 70.2. The van der Waals surface area contributed by atoms with Gasteiger partial charge < -0.3 is 4.90 Å². The molecule has 0 radical (unpaired) electrons. The van der Waals surface area contributed by atoms with Crippen LogP contribution in [0.2, 0.25) is 5.02 Å². The Labute approximate surface area is 234 Å². The molecule has 1 fully saturated rings. The fourth-order valence-electron chi connectivity index (χ4n) is 4.84. The van der Waals surface area contributed by atoms with Gasteiger partial charge in [0, 0.05) is 61.5 Å². The van der Waals surface area contributed by atoms with Crippen LogP contribution in [-0.2, 0) is 16.6 Å². The molecule has 1 aromatic heterocycles. The molecule has 3 aromatic carbocycles. The number of sulfonamides is 1. The quantitative estimate of drug-likeness (QED) is 0.324. The Morgan fingerprint density at radius 3 is 2.48 bits per heavy atom. The van der Waals surface area contributed by atoms with Gasteiger partial charge in [0.2, 0.25) is 0 Å². The fourth-order valence-corrected chi connectivity index (χ4v) is 6.33. The van der Waals surface area contributed by atoms with Gasteiger partial charge in [0.1, 0.15) is 22.3 Å². The topological polar surface area (TPSA) is 82.6 Å². The van der Waals surface area contributed by atoms with E-state index in [1.807, 2.05) is 0 Å². The standard InChI is InChI=1S/C28H24ClF3N4O3S/c1-17-15-35(16-22-24(31)12-19(30)13-25(22)32)10-11-36(17)28(37)21-8-7-20(14-23(21)29)34-40(38,39)26-6-2-4-18-5-3-9-33-27(18)26/h2-9,12-14,17,34H,10-11,15-16H2,1H3. The largest absolute Gasteiger partial charge is 0.333 e. The SMILES string of the molecule is CC1CN(Cc2c(F)cc(F)cc2F)CCN1C(=O)c1ccc(NS(=O)(=O)c2cccc3cccnc23)cc1Cl. The number of nitrogens with one attached hydrogen (secondary N) is 1. The van der Waals surface area contributed by atoms with E-state index in [-0.39, 0.29) is 51.8 Å². The van der Waals surface area contributed by atoms with E-state index < -0.39 is 27.5 Å². The van der Waals surface area contributed by atoms with Gasteiger partial charge in [-0.3, -0.25) is 19.4 Å². The van der Waals surface area contributed by atoms with Crippen molar-refractivity contribution in [3.8, 4) is 0 Å². The second-order valence-corrected chi connectivity index (χ2v) is 11.6. The lowest BCUT2D eigenvalue weighted by molar-refractivity contribution is 0.0471. The highest BCUT2D eigenvalue weighted by Crippen LogP contribution is 2.28. The van der Waals surface area contributed by atoms with Crippen molar-refractivity contribution >= 4 is 44.1 Å². The normalized spacial score (nSPS) is 16.3. The molecule has 1 N–H and O–H groups in total. The van der Waals surface area contributed by atoms with E-state index >= 15 is 0 Å². The molecule has 0 aliphatic carbocycles. The molecule has 2 heterocycles. The predicted octanol–water partition coefficient (Wildman–Crippen LogP) is 5.45. The number of rotatable bonds is 6. The Morgan fingerprint density at radius 1 is 1.05 bits per heavy atom.